The van der Waals surface area contributed by atoms with Crippen molar-refractivity contribution >= 4 is 23.2 Å². The van der Waals surface area contributed by atoms with Gasteiger partial charge in [-0.25, -0.2) is 9.59 Å². The van der Waals surface area contributed by atoms with Crippen LogP contribution >= 0.6 is 0 Å². The number of nitrogens with zero attached hydrogens (tertiary/aromatic N) is 2. The summed E-state index contributed by atoms with van der Waals surface area (Å²) >= 11 is 0. The summed E-state index contributed by atoms with van der Waals surface area (Å²) in [5.74, 6) is 0.704. The lowest BCUT2D eigenvalue weighted by Crippen LogP contribution is -2.38. The van der Waals surface area contributed by atoms with E-state index in [9.17, 15) is 9.59 Å². The summed E-state index contributed by atoms with van der Waals surface area (Å²) in [6.45, 7) is 0.992. The number of benzene rings is 1. The molecule has 1 aliphatic heterocycles. The van der Waals surface area contributed by atoms with Crippen molar-refractivity contribution in [3.63, 3.8) is 0 Å². The van der Waals surface area contributed by atoms with Crippen LogP contribution in [0.3, 0.4) is 0 Å². The van der Waals surface area contributed by atoms with E-state index in [0.717, 1.165) is 23.9 Å². The Labute approximate surface area is 162 Å². The van der Waals surface area contributed by atoms with E-state index < -0.39 is 19.0 Å². The zero-order chi connectivity index (χ0) is 20.1. The predicted octanol–water partition coefficient (Wildman–Crippen LogP) is 2.25. The van der Waals surface area contributed by atoms with Gasteiger partial charge in [-0.2, -0.15) is 0 Å². The zero-order valence-electron chi connectivity index (χ0n) is 16.2. The van der Waals surface area contributed by atoms with Gasteiger partial charge in [0.05, 0.1) is 25.8 Å². The SMILES string of the molecule is COc1ccc2c(c1)c(CCN(C)C)cn2C(=O)OCOC(=O)OC1COC1. The molecule has 0 unspecified atom stereocenters. The van der Waals surface area contributed by atoms with Crippen molar-refractivity contribution in [2.75, 3.05) is 47.8 Å². The van der Waals surface area contributed by atoms with Crippen LogP contribution in [0.15, 0.2) is 24.4 Å². The summed E-state index contributed by atoms with van der Waals surface area (Å²) in [6.07, 6.45) is 0.648. The topological polar surface area (TPSA) is 88.5 Å². The molecule has 9 nitrogen and oxygen atoms in total. The third-order valence-electron chi connectivity index (χ3n) is 4.35. The average Bonchev–Trinajstić information content (AvgIpc) is 3.00. The molecule has 0 saturated carbocycles. The van der Waals surface area contributed by atoms with E-state index in [-0.39, 0.29) is 6.10 Å². The number of methoxy groups -OCH3 is 1. The Morgan fingerprint density at radius 3 is 2.68 bits per heavy atom. The predicted molar refractivity (Wildman–Crippen MR) is 99.7 cm³/mol. The van der Waals surface area contributed by atoms with E-state index in [1.807, 2.05) is 20.2 Å². The maximum absolute atomic E-state index is 12.5. The number of ether oxygens (including phenoxy) is 5. The summed E-state index contributed by atoms with van der Waals surface area (Å²) in [4.78, 5) is 26.0. The van der Waals surface area contributed by atoms with E-state index in [2.05, 4.69) is 4.90 Å². The van der Waals surface area contributed by atoms with Crippen LogP contribution in [-0.4, -0.2) is 75.6 Å². The van der Waals surface area contributed by atoms with Crippen molar-refractivity contribution in [2.45, 2.75) is 12.5 Å². The largest absolute Gasteiger partial charge is 0.511 e. The molecule has 1 aromatic carbocycles. The third-order valence-corrected chi connectivity index (χ3v) is 4.35. The van der Waals surface area contributed by atoms with E-state index in [4.69, 9.17) is 23.7 Å². The molecule has 0 spiro atoms. The number of fused-ring (bicyclic) bond motifs is 1. The maximum atomic E-state index is 12.5. The van der Waals surface area contributed by atoms with Gasteiger partial charge >= 0.3 is 12.2 Å². The van der Waals surface area contributed by atoms with Gasteiger partial charge < -0.3 is 28.6 Å². The molecule has 2 aromatic rings. The Morgan fingerprint density at radius 1 is 1.25 bits per heavy atom. The molecule has 3 rings (SSSR count). The van der Waals surface area contributed by atoms with Crippen LogP contribution in [0, 0.1) is 0 Å². The molecule has 9 heteroatoms. The molecule has 152 valence electrons. The van der Waals surface area contributed by atoms with Crippen LogP contribution in [-0.2, 0) is 25.4 Å². The first kappa shape index (κ1) is 20.0. The van der Waals surface area contributed by atoms with Gasteiger partial charge in [0.2, 0.25) is 6.79 Å². The molecule has 1 aromatic heterocycles. The maximum Gasteiger partial charge on any atom is 0.511 e. The summed E-state index contributed by atoms with van der Waals surface area (Å²) in [5.41, 5.74) is 1.68. The fourth-order valence-electron chi connectivity index (χ4n) is 2.75. The van der Waals surface area contributed by atoms with E-state index in [1.54, 1.807) is 25.4 Å². The highest BCUT2D eigenvalue weighted by Crippen LogP contribution is 2.27. The molecule has 0 bridgehead atoms. The lowest BCUT2D eigenvalue weighted by Gasteiger charge is -2.24. The minimum absolute atomic E-state index is 0.300. The average molecular weight is 392 g/mol. The number of aromatic nitrogens is 1. The second-order valence-corrected chi connectivity index (χ2v) is 6.66. The molecule has 0 atom stereocenters. The van der Waals surface area contributed by atoms with Crippen molar-refractivity contribution < 1.29 is 33.3 Å². The second kappa shape index (κ2) is 8.94. The van der Waals surface area contributed by atoms with Gasteiger partial charge in [0.15, 0.2) is 6.10 Å². The molecule has 0 radical (unpaired) electrons. The van der Waals surface area contributed by atoms with Gasteiger partial charge in [-0.1, -0.05) is 0 Å². The van der Waals surface area contributed by atoms with Crippen LogP contribution in [0.1, 0.15) is 5.56 Å². The van der Waals surface area contributed by atoms with Crippen molar-refractivity contribution in [1.29, 1.82) is 0 Å². The highest BCUT2D eigenvalue weighted by molar-refractivity contribution is 5.92. The number of carbonyl (C=O) groups excluding carboxylic acids is 2. The monoisotopic (exact) mass is 392 g/mol. The van der Waals surface area contributed by atoms with Gasteiger partial charge in [0, 0.05) is 18.1 Å². The highest BCUT2D eigenvalue weighted by atomic mass is 16.8. The molecule has 28 heavy (non-hydrogen) atoms. The Balaban J connectivity index is 1.68. The molecule has 1 fully saturated rings. The van der Waals surface area contributed by atoms with Crippen LogP contribution in [0.5, 0.6) is 5.75 Å². The quantitative estimate of drug-likeness (QED) is 0.524. The fraction of sp³-hybridized carbons (Fsp3) is 0.474. The summed E-state index contributed by atoms with van der Waals surface area (Å²) in [7, 11) is 5.57. The first-order valence-electron chi connectivity index (χ1n) is 8.89. The lowest BCUT2D eigenvalue weighted by molar-refractivity contribution is -0.121. The van der Waals surface area contributed by atoms with Crippen molar-refractivity contribution in [1.82, 2.24) is 9.47 Å². The van der Waals surface area contributed by atoms with Gasteiger partial charge in [0.1, 0.15) is 5.75 Å². The summed E-state index contributed by atoms with van der Waals surface area (Å²) in [5, 5.41) is 0.906. The Morgan fingerprint density at radius 2 is 2.04 bits per heavy atom. The van der Waals surface area contributed by atoms with Gasteiger partial charge in [-0.05, 0) is 44.3 Å². The zero-order valence-corrected chi connectivity index (χ0v) is 16.2. The number of likely N-dealkylation sites (N-methyl/N-ethyl adjacent to an activating group) is 1. The third kappa shape index (κ3) is 4.73. The Bertz CT molecular complexity index is 842. The summed E-state index contributed by atoms with van der Waals surface area (Å²) < 4.78 is 26.4. The van der Waals surface area contributed by atoms with E-state index in [0.29, 0.717) is 24.5 Å². The standard InChI is InChI=1S/C19H24N2O7/c1-20(2)7-6-13-9-21(17-5-4-14(24-3)8-16(13)17)18(22)26-12-27-19(23)28-15-10-25-11-15/h4-5,8-9,15H,6-7,10-12H2,1-3H3. The van der Waals surface area contributed by atoms with Crippen molar-refractivity contribution in [3.8, 4) is 5.75 Å². The van der Waals surface area contributed by atoms with Crippen molar-refractivity contribution in [3.05, 3.63) is 30.0 Å². The number of carbonyl (C=O) groups is 2. The van der Waals surface area contributed by atoms with Crippen LogP contribution < -0.4 is 4.74 Å². The first-order valence-corrected chi connectivity index (χ1v) is 8.89. The van der Waals surface area contributed by atoms with E-state index in [1.165, 1.54) is 4.57 Å². The molecule has 1 saturated heterocycles. The van der Waals surface area contributed by atoms with Gasteiger partial charge in [-0.15, -0.1) is 0 Å². The van der Waals surface area contributed by atoms with Crippen LogP contribution in [0.4, 0.5) is 9.59 Å². The van der Waals surface area contributed by atoms with Crippen LogP contribution in [0.25, 0.3) is 10.9 Å². The molecule has 2 heterocycles. The minimum atomic E-state index is -0.894. The second-order valence-electron chi connectivity index (χ2n) is 6.66. The molecular weight excluding hydrogens is 368 g/mol. The number of hydrogen-bond acceptors (Lipinski definition) is 8. The number of rotatable bonds is 7. The minimum Gasteiger partial charge on any atom is -0.497 e. The van der Waals surface area contributed by atoms with Crippen molar-refractivity contribution in [2.24, 2.45) is 0 Å². The highest BCUT2D eigenvalue weighted by Gasteiger charge is 2.24. The van der Waals surface area contributed by atoms with Crippen LogP contribution in [0.2, 0.25) is 0 Å². The summed E-state index contributed by atoms with van der Waals surface area (Å²) in [6, 6.07) is 5.45. The normalized spacial score (nSPS) is 14.0. The van der Waals surface area contributed by atoms with Gasteiger partial charge in [0.25, 0.3) is 0 Å². The number of hydrogen-bond donors (Lipinski definition) is 0. The molecule has 0 amide bonds. The Kier molecular flexibility index (Phi) is 6.37. The fourth-order valence-corrected chi connectivity index (χ4v) is 2.75. The molecule has 1 aliphatic rings. The molecule has 0 aliphatic carbocycles. The van der Waals surface area contributed by atoms with Gasteiger partial charge in [-0.3, -0.25) is 4.57 Å². The van der Waals surface area contributed by atoms with E-state index >= 15 is 0 Å². The smallest absolute Gasteiger partial charge is 0.497 e. The molecular formula is C19H24N2O7. The lowest BCUT2D eigenvalue weighted by atomic mass is 10.1. The first-order chi connectivity index (χ1) is 13.5. The molecule has 0 N–H and O–H groups in total. The Hall–Kier alpha value is -2.78.